The van der Waals surface area contributed by atoms with Crippen LogP contribution in [-0.4, -0.2) is 43.6 Å². The molecule has 0 aliphatic carbocycles. The van der Waals surface area contributed by atoms with Crippen LogP contribution in [0.25, 0.3) is 0 Å². The zero-order valence-corrected chi connectivity index (χ0v) is 10.7. The minimum Gasteiger partial charge on any atom is -0.372 e. The molecule has 0 spiro atoms. The van der Waals surface area contributed by atoms with Crippen LogP contribution in [0.1, 0.15) is 16.9 Å². The van der Waals surface area contributed by atoms with Crippen molar-refractivity contribution in [2.24, 2.45) is 5.14 Å². The molecular weight excluding hydrogens is 258 g/mol. The van der Waals surface area contributed by atoms with Crippen LogP contribution in [0.2, 0.25) is 0 Å². The third-order valence-electron chi connectivity index (χ3n) is 2.01. The number of carbonyl (C=O) groups excluding carboxylic acids is 1. The zero-order chi connectivity index (χ0) is 13.6. The summed E-state index contributed by atoms with van der Waals surface area (Å²) >= 11 is 0. The number of anilines is 1. The van der Waals surface area contributed by atoms with Crippen molar-refractivity contribution in [3.8, 4) is 0 Å². The second kappa shape index (κ2) is 6.26. The fraction of sp³-hybridized carbons (Fsp3) is 0.444. The van der Waals surface area contributed by atoms with E-state index in [-0.39, 0.29) is 24.4 Å². The highest BCUT2D eigenvalue weighted by Crippen LogP contribution is 2.00. The monoisotopic (exact) mass is 273 g/mol. The van der Waals surface area contributed by atoms with Crippen molar-refractivity contribution < 1.29 is 13.2 Å². The molecule has 0 unspecified atom stereocenters. The number of sulfonamides is 1. The topological polar surface area (TPSA) is 127 Å². The highest BCUT2D eigenvalue weighted by molar-refractivity contribution is 7.89. The first-order valence-corrected chi connectivity index (χ1v) is 6.92. The molecule has 0 saturated carbocycles. The lowest BCUT2D eigenvalue weighted by Gasteiger charge is -2.05. The second-order valence-corrected chi connectivity index (χ2v) is 5.25. The van der Waals surface area contributed by atoms with Gasteiger partial charge in [-0.25, -0.2) is 18.5 Å². The summed E-state index contributed by atoms with van der Waals surface area (Å²) in [4.78, 5) is 19.4. The SMILES string of the molecule is CNc1cncc(C(=O)NCCCS(N)(=O)=O)n1. The summed E-state index contributed by atoms with van der Waals surface area (Å²) in [5.74, 6) is -0.101. The average molecular weight is 273 g/mol. The highest BCUT2D eigenvalue weighted by atomic mass is 32.2. The van der Waals surface area contributed by atoms with Gasteiger partial charge in [-0.05, 0) is 6.42 Å². The number of rotatable bonds is 6. The van der Waals surface area contributed by atoms with Gasteiger partial charge in [0.15, 0.2) is 0 Å². The maximum absolute atomic E-state index is 11.6. The number of nitrogens with one attached hydrogen (secondary N) is 2. The Hall–Kier alpha value is -1.74. The van der Waals surface area contributed by atoms with Gasteiger partial charge in [0.2, 0.25) is 10.0 Å². The molecule has 1 rings (SSSR count). The van der Waals surface area contributed by atoms with Crippen molar-refractivity contribution in [1.29, 1.82) is 0 Å². The van der Waals surface area contributed by atoms with Gasteiger partial charge in [-0.1, -0.05) is 0 Å². The Bertz CT molecular complexity index is 517. The summed E-state index contributed by atoms with van der Waals surface area (Å²) < 4.78 is 21.3. The molecule has 1 aromatic heterocycles. The Labute approximate surface area is 105 Å². The number of aromatic nitrogens is 2. The van der Waals surface area contributed by atoms with Gasteiger partial charge in [0, 0.05) is 13.6 Å². The van der Waals surface area contributed by atoms with E-state index in [0.717, 1.165) is 0 Å². The largest absolute Gasteiger partial charge is 0.372 e. The summed E-state index contributed by atoms with van der Waals surface area (Å²) in [6.45, 7) is 0.209. The first kappa shape index (κ1) is 14.3. The van der Waals surface area contributed by atoms with E-state index in [1.807, 2.05) is 0 Å². The Kier molecular flexibility index (Phi) is 4.98. The molecule has 0 aromatic carbocycles. The number of hydrogen-bond acceptors (Lipinski definition) is 6. The lowest BCUT2D eigenvalue weighted by atomic mass is 10.4. The van der Waals surface area contributed by atoms with Crippen LogP contribution in [0.4, 0.5) is 5.82 Å². The minimum atomic E-state index is -3.49. The minimum absolute atomic E-state index is 0.164. The molecule has 0 bridgehead atoms. The van der Waals surface area contributed by atoms with Crippen LogP contribution in [-0.2, 0) is 10.0 Å². The first-order valence-electron chi connectivity index (χ1n) is 5.21. The van der Waals surface area contributed by atoms with Crippen LogP contribution < -0.4 is 15.8 Å². The van der Waals surface area contributed by atoms with Gasteiger partial charge in [-0.3, -0.25) is 9.78 Å². The number of nitrogens with zero attached hydrogens (tertiary/aromatic N) is 2. The Morgan fingerprint density at radius 3 is 2.78 bits per heavy atom. The lowest BCUT2D eigenvalue weighted by Crippen LogP contribution is -2.28. The Morgan fingerprint density at radius 1 is 1.44 bits per heavy atom. The van der Waals surface area contributed by atoms with Crippen LogP contribution >= 0.6 is 0 Å². The quantitative estimate of drug-likeness (QED) is 0.566. The molecule has 4 N–H and O–H groups in total. The Balaban J connectivity index is 2.45. The zero-order valence-electron chi connectivity index (χ0n) is 9.88. The predicted molar refractivity (Wildman–Crippen MR) is 66.5 cm³/mol. The van der Waals surface area contributed by atoms with Crippen LogP contribution in [0, 0.1) is 0 Å². The van der Waals surface area contributed by atoms with E-state index in [1.54, 1.807) is 7.05 Å². The highest BCUT2D eigenvalue weighted by Gasteiger charge is 2.08. The van der Waals surface area contributed by atoms with E-state index in [0.29, 0.717) is 5.82 Å². The van der Waals surface area contributed by atoms with Gasteiger partial charge in [0.1, 0.15) is 11.5 Å². The molecular formula is C9H15N5O3S. The molecule has 1 aromatic rings. The molecule has 9 heteroatoms. The molecule has 0 atom stereocenters. The van der Waals surface area contributed by atoms with E-state index >= 15 is 0 Å². The summed E-state index contributed by atoms with van der Waals surface area (Å²) in [5.41, 5.74) is 0.164. The smallest absolute Gasteiger partial charge is 0.271 e. The van der Waals surface area contributed by atoms with E-state index in [9.17, 15) is 13.2 Å². The van der Waals surface area contributed by atoms with Gasteiger partial charge >= 0.3 is 0 Å². The van der Waals surface area contributed by atoms with Gasteiger partial charge in [0.05, 0.1) is 18.1 Å². The molecule has 1 amide bonds. The van der Waals surface area contributed by atoms with E-state index in [2.05, 4.69) is 20.6 Å². The van der Waals surface area contributed by atoms with Crippen molar-refractivity contribution in [3.63, 3.8) is 0 Å². The van der Waals surface area contributed by atoms with E-state index in [4.69, 9.17) is 5.14 Å². The maximum Gasteiger partial charge on any atom is 0.271 e. The molecule has 18 heavy (non-hydrogen) atoms. The molecule has 0 aliphatic rings. The van der Waals surface area contributed by atoms with Crippen LogP contribution in [0.3, 0.4) is 0 Å². The lowest BCUT2D eigenvalue weighted by molar-refractivity contribution is 0.0948. The van der Waals surface area contributed by atoms with Crippen molar-refractivity contribution in [3.05, 3.63) is 18.1 Å². The number of nitrogens with two attached hydrogens (primary N) is 1. The van der Waals surface area contributed by atoms with E-state index < -0.39 is 15.9 Å². The predicted octanol–water partition coefficient (Wildman–Crippen LogP) is -1.07. The number of hydrogen-bond donors (Lipinski definition) is 3. The van der Waals surface area contributed by atoms with Gasteiger partial charge in [-0.2, -0.15) is 0 Å². The summed E-state index contributed by atoms with van der Waals surface area (Å²) in [7, 11) is -1.82. The van der Waals surface area contributed by atoms with E-state index in [1.165, 1.54) is 12.4 Å². The fourth-order valence-corrected chi connectivity index (χ4v) is 1.71. The average Bonchev–Trinajstić information content (AvgIpc) is 2.33. The van der Waals surface area contributed by atoms with Gasteiger partial charge in [-0.15, -0.1) is 0 Å². The Morgan fingerprint density at radius 2 is 2.17 bits per heavy atom. The molecule has 0 saturated heterocycles. The summed E-state index contributed by atoms with van der Waals surface area (Å²) in [6, 6.07) is 0. The van der Waals surface area contributed by atoms with Crippen molar-refractivity contribution in [2.45, 2.75) is 6.42 Å². The van der Waals surface area contributed by atoms with Crippen LogP contribution in [0.15, 0.2) is 12.4 Å². The van der Waals surface area contributed by atoms with Gasteiger partial charge in [0.25, 0.3) is 5.91 Å². The molecule has 8 nitrogen and oxygen atoms in total. The fourth-order valence-electron chi connectivity index (χ4n) is 1.16. The molecule has 0 aliphatic heterocycles. The molecule has 0 radical (unpaired) electrons. The third-order valence-corrected chi connectivity index (χ3v) is 2.87. The third kappa shape index (κ3) is 5.06. The van der Waals surface area contributed by atoms with Gasteiger partial charge < -0.3 is 10.6 Å². The molecule has 100 valence electrons. The number of carbonyl (C=O) groups is 1. The van der Waals surface area contributed by atoms with Crippen molar-refractivity contribution in [1.82, 2.24) is 15.3 Å². The second-order valence-electron chi connectivity index (χ2n) is 3.52. The maximum atomic E-state index is 11.6. The summed E-state index contributed by atoms with van der Waals surface area (Å²) in [6.07, 6.45) is 3.07. The molecule has 1 heterocycles. The normalized spacial score (nSPS) is 11.0. The number of amides is 1. The van der Waals surface area contributed by atoms with Crippen molar-refractivity contribution in [2.75, 3.05) is 24.7 Å². The number of primary sulfonamides is 1. The standard InChI is InChI=1S/C9H15N5O3S/c1-11-8-6-12-5-7(14-8)9(15)13-3-2-4-18(10,16)17/h5-6H,2-4H2,1H3,(H,11,14)(H,13,15)(H2,10,16,17). The first-order chi connectivity index (χ1) is 8.42. The molecule has 0 fully saturated rings. The summed E-state index contributed by atoms with van der Waals surface area (Å²) in [5, 5.41) is 10.1. The van der Waals surface area contributed by atoms with Crippen LogP contribution in [0.5, 0.6) is 0 Å². The van der Waals surface area contributed by atoms with Crippen molar-refractivity contribution >= 4 is 21.7 Å².